The molecule has 13 nitrogen and oxygen atoms in total. The predicted octanol–water partition coefficient (Wildman–Crippen LogP) is -0.191. The average molecular weight is 534 g/mol. The molecule has 5 rings (SSSR count). The lowest BCUT2D eigenvalue weighted by Gasteiger charge is -2.49. The Balaban J connectivity index is 1.35. The molecular formula is C21H25N8O5S2+. The van der Waals surface area contributed by atoms with Gasteiger partial charge in [0, 0.05) is 23.3 Å². The third-order valence-corrected chi connectivity index (χ3v) is 8.01. The summed E-state index contributed by atoms with van der Waals surface area (Å²) in [5.41, 5.74) is 6.42. The maximum atomic E-state index is 13.1. The van der Waals surface area contributed by atoms with Gasteiger partial charge in [-0.15, -0.1) is 32.5 Å². The van der Waals surface area contributed by atoms with Crippen LogP contribution in [0.25, 0.3) is 0 Å². The minimum Gasteiger partial charge on any atom is -0.477 e. The first kappa shape index (κ1) is 24.1. The summed E-state index contributed by atoms with van der Waals surface area (Å²) in [7, 11) is 0. The molecule has 1 saturated heterocycles. The number of carboxylic acid groups (broad SMARTS) is 1. The normalized spacial score (nSPS) is 21.3. The molecule has 5 heterocycles. The van der Waals surface area contributed by atoms with Crippen molar-refractivity contribution in [3.05, 3.63) is 34.6 Å². The van der Waals surface area contributed by atoms with Gasteiger partial charge in [0.2, 0.25) is 0 Å². The van der Waals surface area contributed by atoms with Gasteiger partial charge in [-0.1, -0.05) is 5.16 Å². The number of nitrogens with two attached hydrogens (primary N) is 1. The van der Waals surface area contributed by atoms with Crippen molar-refractivity contribution in [3.8, 4) is 0 Å². The molecule has 0 saturated carbocycles. The molecule has 0 aliphatic carbocycles. The molecule has 0 unspecified atom stereocenters. The molecule has 1 fully saturated rings. The van der Waals surface area contributed by atoms with Crippen LogP contribution >= 0.6 is 23.1 Å². The lowest BCUT2D eigenvalue weighted by molar-refractivity contribution is -0.768. The highest BCUT2D eigenvalue weighted by Crippen LogP contribution is 2.40. The molecule has 36 heavy (non-hydrogen) atoms. The Bertz CT molecular complexity index is 1280. The van der Waals surface area contributed by atoms with Gasteiger partial charge in [-0.3, -0.25) is 14.5 Å². The lowest BCUT2D eigenvalue weighted by atomic mass is 10.0. The number of thiazole rings is 1. The van der Waals surface area contributed by atoms with Crippen LogP contribution < -0.4 is 21.0 Å². The van der Waals surface area contributed by atoms with E-state index < -0.39 is 29.2 Å². The number of aliphatic carboxylic acids is 1. The number of nitrogen functional groups attached to an aromatic ring is 1. The van der Waals surface area contributed by atoms with E-state index in [4.69, 9.17) is 10.6 Å². The zero-order valence-corrected chi connectivity index (χ0v) is 21.0. The Morgan fingerprint density at radius 3 is 3.03 bits per heavy atom. The van der Waals surface area contributed by atoms with Crippen LogP contribution in [0.1, 0.15) is 19.0 Å². The first-order chi connectivity index (χ1) is 17.4. The van der Waals surface area contributed by atoms with Crippen molar-refractivity contribution in [1.82, 2.24) is 19.9 Å². The Morgan fingerprint density at radius 1 is 1.47 bits per heavy atom. The Morgan fingerprint density at radius 2 is 2.31 bits per heavy atom. The van der Waals surface area contributed by atoms with Crippen LogP contribution in [-0.4, -0.2) is 73.5 Å². The summed E-state index contributed by atoms with van der Waals surface area (Å²) in [6, 6.07) is 1.05. The quantitative estimate of drug-likeness (QED) is 0.156. The summed E-state index contributed by atoms with van der Waals surface area (Å²) >= 11 is 2.56. The van der Waals surface area contributed by atoms with Crippen LogP contribution in [0.5, 0.6) is 0 Å². The molecule has 15 heteroatoms. The van der Waals surface area contributed by atoms with Gasteiger partial charge in [-0.2, -0.15) is 0 Å². The molecule has 5 N–H and O–H groups in total. The van der Waals surface area contributed by atoms with Gasteiger partial charge in [0.1, 0.15) is 29.4 Å². The van der Waals surface area contributed by atoms with Crippen LogP contribution in [0.3, 0.4) is 0 Å². The van der Waals surface area contributed by atoms with Gasteiger partial charge < -0.3 is 26.3 Å². The summed E-state index contributed by atoms with van der Waals surface area (Å²) < 4.78 is 4.03. The Labute approximate surface area is 213 Å². The summed E-state index contributed by atoms with van der Waals surface area (Å²) in [4.78, 5) is 48.7. The van der Waals surface area contributed by atoms with E-state index in [9.17, 15) is 19.5 Å². The van der Waals surface area contributed by atoms with Gasteiger partial charge >= 0.3 is 5.97 Å². The molecule has 0 bridgehead atoms. The van der Waals surface area contributed by atoms with Gasteiger partial charge in [0.05, 0.1) is 12.6 Å². The highest BCUT2D eigenvalue weighted by Gasteiger charge is 2.55. The molecule has 3 aliphatic heterocycles. The van der Waals surface area contributed by atoms with Gasteiger partial charge in [-0.25, -0.2) is 9.78 Å². The highest BCUT2D eigenvalue weighted by atomic mass is 32.2. The minimum absolute atomic E-state index is 0.0310. The van der Waals surface area contributed by atoms with E-state index in [1.165, 1.54) is 16.7 Å². The number of aromatic nitrogens is 3. The third kappa shape index (κ3) is 4.28. The van der Waals surface area contributed by atoms with E-state index in [0.29, 0.717) is 17.9 Å². The SMILES string of the molecule is CCON=C(C(=O)N[C@@H]1C(=O)N2C(C(=O)O)=C(C[n+]3ccc4n3CCCN4)CS[C@H]12)c1csc(N)n1. The fraction of sp³-hybridized carbons (Fsp3) is 0.429. The number of carbonyl (C=O) groups excluding carboxylic acids is 2. The standard InChI is InChI=1S/C21H24N8O5S2/c1-2-34-26-14(12-10-36-21(22)24-12)17(30)25-15-18(31)29-16(20(32)33)11(9-35-19(15)29)8-27-7-4-13-23-5-3-6-28(13)27/h4,7,10,15,19H,2-3,5-6,8-9H2,1H3,(H4,22,24,25,30,32,33)/p+1/t15-,19-/m1/s1. The van der Waals surface area contributed by atoms with Crippen molar-refractivity contribution >= 4 is 57.5 Å². The zero-order valence-electron chi connectivity index (χ0n) is 19.3. The molecule has 0 spiro atoms. The zero-order chi connectivity index (χ0) is 25.4. The Hall–Kier alpha value is -3.59. The molecule has 2 amide bonds. The van der Waals surface area contributed by atoms with Gasteiger partial charge in [0.15, 0.2) is 29.4 Å². The molecule has 3 aliphatic rings. The molecule has 2 aromatic rings. The second kappa shape index (κ2) is 9.81. The topological polar surface area (TPSA) is 168 Å². The van der Waals surface area contributed by atoms with Crippen LogP contribution in [0, 0.1) is 0 Å². The molecule has 190 valence electrons. The number of nitrogens with zero attached hydrogens (tertiary/aromatic N) is 5. The largest absolute Gasteiger partial charge is 0.477 e. The van der Waals surface area contributed by atoms with Gasteiger partial charge in [-0.05, 0) is 13.3 Å². The predicted molar refractivity (Wildman–Crippen MR) is 132 cm³/mol. The first-order valence-corrected chi connectivity index (χ1v) is 13.3. The summed E-state index contributed by atoms with van der Waals surface area (Å²) in [6.07, 6.45) is 2.87. The van der Waals surface area contributed by atoms with E-state index in [1.807, 2.05) is 16.9 Å². The Kier molecular flexibility index (Phi) is 6.57. The van der Waals surface area contributed by atoms with Crippen molar-refractivity contribution in [2.45, 2.75) is 37.8 Å². The first-order valence-electron chi connectivity index (χ1n) is 11.3. The number of hydrogen-bond acceptors (Lipinski definition) is 10. The molecule has 0 radical (unpaired) electrons. The maximum absolute atomic E-state index is 13.1. The number of carbonyl (C=O) groups is 3. The number of thioether (sulfide) groups is 1. The van der Waals surface area contributed by atoms with E-state index in [0.717, 1.165) is 36.7 Å². The fourth-order valence-corrected chi connectivity index (χ4v) is 6.27. The maximum Gasteiger partial charge on any atom is 0.352 e. The summed E-state index contributed by atoms with van der Waals surface area (Å²) in [5, 5.41) is 21.1. The van der Waals surface area contributed by atoms with E-state index in [2.05, 4.69) is 25.5 Å². The monoisotopic (exact) mass is 533 g/mol. The minimum atomic E-state index is -1.17. The number of hydrogen-bond donors (Lipinski definition) is 4. The number of rotatable bonds is 8. The van der Waals surface area contributed by atoms with E-state index in [-0.39, 0.29) is 28.8 Å². The second-order valence-corrected chi connectivity index (χ2v) is 10.2. The molecular weight excluding hydrogens is 508 g/mol. The average Bonchev–Trinajstić information content (AvgIpc) is 3.48. The molecule has 0 aromatic carbocycles. The van der Waals surface area contributed by atoms with Crippen molar-refractivity contribution < 1.29 is 29.0 Å². The van der Waals surface area contributed by atoms with Crippen LogP contribution in [-0.2, 0) is 32.3 Å². The van der Waals surface area contributed by atoms with E-state index in [1.54, 1.807) is 12.3 Å². The molecule has 2 atom stereocenters. The second-order valence-electron chi connectivity index (χ2n) is 8.25. The number of amides is 2. The van der Waals surface area contributed by atoms with Gasteiger partial charge in [0.25, 0.3) is 11.8 Å². The van der Waals surface area contributed by atoms with Crippen LogP contribution in [0.4, 0.5) is 10.9 Å². The lowest BCUT2D eigenvalue weighted by Crippen LogP contribution is -2.71. The summed E-state index contributed by atoms with van der Waals surface area (Å²) in [5.74, 6) is -0.926. The molecule has 2 aromatic heterocycles. The number of fused-ring (bicyclic) bond motifs is 2. The van der Waals surface area contributed by atoms with Crippen molar-refractivity contribution in [2.24, 2.45) is 5.16 Å². The number of nitrogens with one attached hydrogen (secondary N) is 2. The number of carboxylic acids is 1. The smallest absolute Gasteiger partial charge is 0.352 e. The van der Waals surface area contributed by atoms with Crippen LogP contribution in [0.2, 0.25) is 0 Å². The number of oxime groups is 1. The van der Waals surface area contributed by atoms with Crippen molar-refractivity contribution in [3.63, 3.8) is 0 Å². The van der Waals surface area contributed by atoms with Crippen molar-refractivity contribution in [1.29, 1.82) is 0 Å². The van der Waals surface area contributed by atoms with Crippen LogP contribution in [0.15, 0.2) is 34.1 Å². The third-order valence-electron chi connectivity index (χ3n) is 6.00. The summed E-state index contributed by atoms with van der Waals surface area (Å²) in [6.45, 7) is 4.02. The number of anilines is 2. The fourth-order valence-electron chi connectivity index (χ4n) is 4.38. The van der Waals surface area contributed by atoms with Crippen molar-refractivity contribution in [2.75, 3.05) is 30.0 Å². The number of β-lactam (4-membered cyclic amide) rings is 1. The highest BCUT2D eigenvalue weighted by molar-refractivity contribution is 8.00. The van der Waals surface area contributed by atoms with E-state index >= 15 is 0 Å².